The Kier molecular flexibility index (Phi) is 6.93. The van der Waals surface area contributed by atoms with Crippen LogP contribution in [0.2, 0.25) is 0 Å². The minimum atomic E-state index is -0.839. The highest BCUT2D eigenvalue weighted by Gasteiger charge is 2.16. The van der Waals surface area contributed by atoms with Gasteiger partial charge in [0.15, 0.2) is 11.9 Å². The quantitative estimate of drug-likeness (QED) is 0.577. The van der Waals surface area contributed by atoms with Gasteiger partial charge in [0.2, 0.25) is 0 Å². The molecule has 0 aliphatic carbocycles. The first kappa shape index (κ1) is 20.0. The van der Waals surface area contributed by atoms with E-state index in [1.165, 1.54) is 6.92 Å². The van der Waals surface area contributed by atoms with Crippen molar-refractivity contribution < 1.29 is 23.9 Å². The van der Waals surface area contributed by atoms with Gasteiger partial charge in [0, 0.05) is 11.1 Å². The predicted molar refractivity (Wildman–Crippen MR) is 99.8 cm³/mol. The highest BCUT2D eigenvalue weighted by atomic mass is 16.5. The number of amides is 2. The third kappa shape index (κ3) is 5.85. The van der Waals surface area contributed by atoms with Crippen LogP contribution in [-0.2, 0) is 4.79 Å². The molecule has 2 aromatic rings. The van der Waals surface area contributed by atoms with Crippen molar-refractivity contribution in [3.63, 3.8) is 0 Å². The van der Waals surface area contributed by atoms with Crippen molar-refractivity contribution >= 4 is 17.6 Å². The van der Waals surface area contributed by atoms with Crippen LogP contribution in [-0.4, -0.2) is 30.3 Å². The van der Waals surface area contributed by atoms with E-state index in [4.69, 9.17) is 9.47 Å². The summed E-state index contributed by atoms with van der Waals surface area (Å²) in [7, 11) is 0. The number of nitrogens with one attached hydrogen (secondary N) is 2. The van der Waals surface area contributed by atoms with E-state index in [9.17, 15) is 14.4 Å². The second-order valence-electron chi connectivity index (χ2n) is 5.74. The summed E-state index contributed by atoms with van der Waals surface area (Å²) in [6, 6.07) is 13.0. The molecule has 0 spiro atoms. The molecule has 2 rings (SSSR count). The van der Waals surface area contributed by atoms with E-state index in [0.717, 1.165) is 0 Å². The van der Waals surface area contributed by atoms with Gasteiger partial charge < -0.3 is 9.47 Å². The fraction of sp³-hybridized carbons (Fsp3) is 0.250. The fourth-order valence-corrected chi connectivity index (χ4v) is 2.19. The number of hydrogen-bond acceptors (Lipinski definition) is 5. The molecule has 0 radical (unpaired) electrons. The Morgan fingerprint density at radius 1 is 0.889 bits per heavy atom. The molecule has 0 aliphatic heterocycles. The number of hydrogen-bond donors (Lipinski definition) is 2. The number of ketones is 1. The summed E-state index contributed by atoms with van der Waals surface area (Å²) in [6.45, 7) is 5.43. The summed E-state index contributed by atoms with van der Waals surface area (Å²) in [5, 5.41) is 0. The van der Waals surface area contributed by atoms with E-state index in [-0.39, 0.29) is 5.78 Å². The number of rotatable bonds is 7. The lowest BCUT2D eigenvalue weighted by molar-refractivity contribution is -0.128. The highest BCUT2D eigenvalue weighted by molar-refractivity contribution is 5.96. The number of hydrazine groups is 1. The van der Waals surface area contributed by atoms with Gasteiger partial charge in [-0.25, -0.2) is 0 Å². The molecule has 1 unspecified atom stereocenters. The molecule has 142 valence electrons. The number of carbonyl (C=O) groups excluding carboxylic acids is 3. The second kappa shape index (κ2) is 9.38. The number of benzene rings is 2. The Labute approximate surface area is 157 Å². The van der Waals surface area contributed by atoms with Crippen molar-refractivity contribution in [1.29, 1.82) is 0 Å². The molecular formula is C20H22N2O5. The zero-order chi connectivity index (χ0) is 19.8. The summed E-state index contributed by atoms with van der Waals surface area (Å²) in [5.41, 5.74) is 5.60. The maximum atomic E-state index is 12.1. The van der Waals surface area contributed by atoms with Crippen molar-refractivity contribution in [3.05, 3.63) is 59.7 Å². The predicted octanol–water partition coefficient (Wildman–Crippen LogP) is 2.52. The van der Waals surface area contributed by atoms with Crippen LogP contribution in [0, 0.1) is 0 Å². The van der Waals surface area contributed by atoms with E-state index in [1.54, 1.807) is 55.5 Å². The van der Waals surface area contributed by atoms with Gasteiger partial charge >= 0.3 is 0 Å². The van der Waals surface area contributed by atoms with Crippen LogP contribution < -0.4 is 20.3 Å². The van der Waals surface area contributed by atoms with E-state index in [1.807, 2.05) is 6.92 Å². The van der Waals surface area contributed by atoms with Crippen LogP contribution in [0.25, 0.3) is 0 Å². The molecule has 0 saturated carbocycles. The molecule has 1 atom stereocenters. The molecule has 7 heteroatoms. The Hall–Kier alpha value is -3.35. The molecule has 2 N–H and O–H groups in total. The SMILES string of the molecule is CCOc1ccc(C(=O)NNC(=O)C(C)Oc2ccc(C(C)=O)cc2)cc1. The average molecular weight is 370 g/mol. The largest absolute Gasteiger partial charge is 0.494 e. The minimum Gasteiger partial charge on any atom is -0.494 e. The molecule has 0 heterocycles. The number of ether oxygens (including phenoxy) is 2. The van der Waals surface area contributed by atoms with Gasteiger partial charge in [-0.1, -0.05) is 0 Å². The molecular weight excluding hydrogens is 348 g/mol. The Bertz CT molecular complexity index is 800. The first-order valence-electron chi connectivity index (χ1n) is 8.51. The zero-order valence-corrected chi connectivity index (χ0v) is 15.4. The van der Waals surface area contributed by atoms with Crippen molar-refractivity contribution in [1.82, 2.24) is 10.9 Å². The molecule has 0 fully saturated rings. The molecule has 27 heavy (non-hydrogen) atoms. The standard InChI is InChI=1S/C20H22N2O5/c1-4-26-17-9-7-16(8-10-17)20(25)22-21-19(24)14(3)27-18-11-5-15(6-12-18)13(2)23/h5-12,14H,4H2,1-3H3,(H,21,24)(H,22,25). The van der Waals surface area contributed by atoms with Crippen LogP contribution in [0.1, 0.15) is 41.5 Å². The Morgan fingerprint density at radius 2 is 1.44 bits per heavy atom. The fourth-order valence-electron chi connectivity index (χ4n) is 2.19. The summed E-state index contributed by atoms with van der Waals surface area (Å²) >= 11 is 0. The minimum absolute atomic E-state index is 0.0515. The molecule has 2 amide bonds. The molecule has 0 aromatic heterocycles. The number of carbonyl (C=O) groups is 3. The van der Waals surface area contributed by atoms with Crippen molar-refractivity contribution in [2.75, 3.05) is 6.61 Å². The highest BCUT2D eigenvalue weighted by Crippen LogP contribution is 2.14. The van der Waals surface area contributed by atoms with Gasteiger partial charge in [-0.05, 0) is 69.3 Å². The summed E-state index contributed by atoms with van der Waals surface area (Å²) < 4.78 is 10.8. The van der Waals surface area contributed by atoms with Crippen LogP contribution in [0.3, 0.4) is 0 Å². The normalized spacial score (nSPS) is 11.2. The first-order valence-corrected chi connectivity index (χ1v) is 8.51. The van der Waals surface area contributed by atoms with Crippen molar-refractivity contribution in [2.24, 2.45) is 0 Å². The summed E-state index contributed by atoms with van der Waals surface area (Å²) in [4.78, 5) is 35.4. The third-order valence-corrected chi connectivity index (χ3v) is 3.67. The zero-order valence-electron chi connectivity index (χ0n) is 15.4. The lowest BCUT2D eigenvalue weighted by Crippen LogP contribution is -2.47. The van der Waals surface area contributed by atoms with E-state index in [0.29, 0.717) is 29.2 Å². The van der Waals surface area contributed by atoms with E-state index < -0.39 is 17.9 Å². The second-order valence-corrected chi connectivity index (χ2v) is 5.74. The average Bonchev–Trinajstić information content (AvgIpc) is 2.67. The Balaban J connectivity index is 1.84. The third-order valence-electron chi connectivity index (χ3n) is 3.67. The van der Waals surface area contributed by atoms with Crippen LogP contribution in [0.4, 0.5) is 0 Å². The van der Waals surface area contributed by atoms with Crippen LogP contribution in [0.5, 0.6) is 11.5 Å². The first-order chi connectivity index (χ1) is 12.9. The van der Waals surface area contributed by atoms with Gasteiger partial charge in [0.1, 0.15) is 11.5 Å². The smallest absolute Gasteiger partial charge is 0.279 e. The molecule has 7 nitrogen and oxygen atoms in total. The molecule has 0 saturated heterocycles. The van der Waals surface area contributed by atoms with Crippen LogP contribution >= 0.6 is 0 Å². The molecule has 2 aromatic carbocycles. The lowest BCUT2D eigenvalue weighted by Gasteiger charge is -2.15. The van der Waals surface area contributed by atoms with Gasteiger partial charge in [-0.15, -0.1) is 0 Å². The van der Waals surface area contributed by atoms with Crippen LogP contribution in [0.15, 0.2) is 48.5 Å². The van der Waals surface area contributed by atoms with Gasteiger partial charge in [0.25, 0.3) is 11.8 Å². The summed E-state index contributed by atoms with van der Waals surface area (Å²) in [6.07, 6.45) is -0.839. The van der Waals surface area contributed by atoms with Crippen molar-refractivity contribution in [3.8, 4) is 11.5 Å². The van der Waals surface area contributed by atoms with Crippen molar-refractivity contribution in [2.45, 2.75) is 26.9 Å². The van der Waals surface area contributed by atoms with E-state index >= 15 is 0 Å². The maximum absolute atomic E-state index is 12.1. The Morgan fingerprint density at radius 3 is 2.00 bits per heavy atom. The maximum Gasteiger partial charge on any atom is 0.279 e. The van der Waals surface area contributed by atoms with Gasteiger partial charge in [-0.2, -0.15) is 0 Å². The monoisotopic (exact) mass is 370 g/mol. The molecule has 0 aliphatic rings. The van der Waals surface area contributed by atoms with E-state index in [2.05, 4.69) is 10.9 Å². The summed E-state index contributed by atoms with van der Waals surface area (Å²) in [5.74, 6) is 0.0927. The van der Waals surface area contributed by atoms with Gasteiger partial charge in [0.05, 0.1) is 6.61 Å². The topological polar surface area (TPSA) is 93.7 Å². The number of Topliss-reactive ketones (excluding diaryl/α,β-unsaturated/α-hetero) is 1. The lowest BCUT2D eigenvalue weighted by atomic mass is 10.1. The van der Waals surface area contributed by atoms with Gasteiger partial charge in [-0.3, -0.25) is 25.2 Å². The molecule has 0 bridgehead atoms.